The molecule has 1 amide bonds. The molecule has 31 heavy (non-hydrogen) atoms. The van der Waals surface area contributed by atoms with Gasteiger partial charge in [0.15, 0.2) is 5.02 Å². The van der Waals surface area contributed by atoms with E-state index in [0.29, 0.717) is 24.7 Å². The van der Waals surface area contributed by atoms with Gasteiger partial charge >= 0.3 is 0 Å². The second-order valence-electron chi connectivity index (χ2n) is 7.60. The van der Waals surface area contributed by atoms with Gasteiger partial charge in [0.25, 0.3) is 0 Å². The number of amides is 1. The summed E-state index contributed by atoms with van der Waals surface area (Å²) in [5.74, 6) is 0.834. The van der Waals surface area contributed by atoms with Crippen LogP contribution in [0.4, 0.5) is 0 Å². The van der Waals surface area contributed by atoms with E-state index in [9.17, 15) is 4.79 Å². The van der Waals surface area contributed by atoms with Crippen LogP contribution < -0.4 is 14.8 Å². The molecule has 3 rings (SSSR count). The average Bonchev–Trinajstić information content (AvgIpc) is 2.72. The average molecular weight is 445 g/mol. The third-order valence-corrected chi connectivity index (χ3v) is 5.19. The summed E-state index contributed by atoms with van der Waals surface area (Å²) in [6.45, 7) is 4.65. The quantitative estimate of drug-likeness (QED) is 0.599. The van der Waals surface area contributed by atoms with Crippen LogP contribution >= 0.6 is 11.6 Å². The summed E-state index contributed by atoms with van der Waals surface area (Å²) < 4.78 is 17.3. The summed E-state index contributed by atoms with van der Waals surface area (Å²) in [6.07, 6.45) is 3.30. The van der Waals surface area contributed by atoms with E-state index in [2.05, 4.69) is 21.4 Å². The molecule has 1 saturated carbocycles. The highest BCUT2D eigenvalue weighted by atomic mass is 35.5. The SMILES string of the molecule is CC(=O)N[C@@H](C)COC1CC(COc2ncnc(OCc3ccc(C#N)cc3)c2Cl)C1. The first-order valence-corrected chi connectivity index (χ1v) is 10.5. The van der Waals surface area contributed by atoms with E-state index in [-0.39, 0.29) is 41.4 Å². The molecule has 1 aromatic heterocycles. The highest BCUT2D eigenvalue weighted by Gasteiger charge is 2.31. The number of nitrogens with zero attached hydrogens (tertiary/aromatic N) is 3. The van der Waals surface area contributed by atoms with Crippen molar-refractivity contribution in [3.8, 4) is 17.8 Å². The number of carbonyl (C=O) groups is 1. The van der Waals surface area contributed by atoms with Crippen molar-refractivity contribution in [2.24, 2.45) is 5.92 Å². The fourth-order valence-electron chi connectivity index (χ4n) is 3.18. The van der Waals surface area contributed by atoms with Gasteiger partial charge in [-0.15, -0.1) is 0 Å². The lowest BCUT2D eigenvalue weighted by atomic mass is 9.83. The first kappa shape index (κ1) is 22.8. The molecule has 0 saturated heterocycles. The number of hydrogen-bond acceptors (Lipinski definition) is 7. The largest absolute Gasteiger partial charge is 0.476 e. The Morgan fingerprint density at radius 2 is 1.94 bits per heavy atom. The molecule has 0 radical (unpaired) electrons. The van der Waals surface area contributed by atoms with Crippen LogP contribution in [0.5, 0.6) is 11.8 Å². The molecule has 8 nitrogen and oxygen atoms in total. The first-order chi connectivity index (χ1) is 14.9. The summed E-state index contributed by atoms with van der Waals surface area (Å²) >= 11 is 6.34. The first-order valence-electron chi connectivity index (χ1n) is 10.1. The molecule has 1 heterocycles. The van der Waals surface area contributed by atoms with Gasteiger partial charge < -0.3 is 19.5 Å². The van der Waals surface area contributed by atoms with Crippen LogP contribution in [-0.2, 0) is 16.1 Å². The highest BCUT2D eigenvalue weighted by molar-refractivity contribution is 6.33. The summed E-state index contributed by atoms with van der Waals surface area (Å²) in [4.78, 5) is 19.2. The van der Waals surface area contributed by atoms with Crippen molar-refractivity contribution in [2.75, 3.05) is 13.2 Å². The number of rotatable bonds is 10. The molecule has 0 aliphatic heterocycles. The second-order valence-corrected chi connectivity index (χ2v) is 7.98. The number of nitriles is 1. The molecule has 164 valence electrons. The van der Waals surface area contributed by atoms with Crippen LogP contribution in [-0.4, -0.2) is 41.2 Å². The van der Waals surface area contributed by atoms with Crippen molar-refractivity contribution in [3.63, 3.8) is 0 Å². The van der Waals surface area contributed by atoms with Gasteiger partial charge in [0.05, 0.1) is 31.0 Å². The third kappa shape index (κ3) is 6.81. The zero-order valence-electron chi connectivity index (χ0n) is 17.5. The zero-order valence-corrected chi connectivity index (χ0v) is 18.3. The van der Waals surface area contributed by atoms with Gasteiger partial charge in [-0.1, -0.05) is 23.7 Å². The summed E-state index contributed by atoms with van der Waals surface area (Å²) in [6, 6.07) is 9.16. The van der Waals surface area contributed by atoms with Gasteiger partial charge in [0.1, 0.15) is 12.9 Å². The van der Waals surface area contributed by atoms with E-state index >= 15 is 0 Å². The van der Waals surface area contributed by atoms with Crippen molar-refractivity contribution in [2.45, 2.75) is 45.4 Å². The maximum absolute atomic E-state index is 11.0. The molecular weight excluding hydrogens is 420 g/mol. The van der Waals surface area contributed by atoms with Crippen molar-refractivity contribution >= 4 is 17.5 Å². The van der Waals surface area contributed by atoms with Crippen LogP contribution in [0.25, 0.3) is 0 Å². The number of benzene rings is 1. The standard InChI is InChI=1S/C22H25ClN4O4/c1-14(27-15(2)28)10-29-19-7-18(8-19)12-31-22-20(23)21(25-13-26-22)30-11-17-5-3-16(9-24)4-6-17/h3-6,13-14,18-19H,7-8,10-12H2,1-2H3,(H,27,28)/t14-,18?,19?/m0/s1. The molecule has 1 aliphatic carbocycles. The van der Waals surface area contributed by atoms with E-state index < -0.39 is 0 Å². The van der Waals surface area contributed by atoms with Crippen molar-refractivity contribution in [1.82, 2.24) is 15.3 Å². The third-order valence-electron chi connectivity index (χ3n) is 4.86. The molecule has 0 unspecified atom stereocenters. The Balaban J connectivity index is 1.41. The lowest BCUT2D eigenvalue weighted by Gasteiger charge is -2.35. The van der Waals surface area contributed by atoms with Crippen molar-refractivity contribution in [3.05, 3.63) is 46.7 Å². The van der Waals surface area contributed by atoms with Gasteiger partial charge in [0.2, 0.25) is 17.7 Å². The molecule has 1 aliphatic rings. The van der Waals surface area contributed by atoms with Crippen molar-refractivity contribution in [1.29, 1.82) is 5.26 Å². The molecule has 0 bridgehead atoms. The molecule has 1 atom stereocenters. The Morgan fingerprint density at radius 1 is 1.26 bits per heavy atom. The van der Waals surface area contributed by atoms with Gasteiger partial charge in [-0.2, -0.15) is 5.26 Å². The lowest BCUT2D eigenvalue weighted by Crippen LogP contribution is -2.40. The molecule has 9 heteroatoms. The normalized spacial score (nSPS) is 18.4. The second kappa shape index (κ2) is 10.9. The van der Waals surface area contributed by atoms with Crippen LogP contribution in [0.3, 0.4) is 0 Å². The molecule has 2 aromatic rings. The minimum atomic E-state index is -0.0574. The fourth-order valence-corrected chi connectivity index (χ4v) is 3.39. The summed E-state index contributed by atoms with van der Waals surface area (Å²) in [5, 5.41) is 11.9. The minimum absolute atomic E-state index is 0.00433. The number of halogens is 1. The molecule has 1 fully saturated rings. The van der Waals surface area contributed by atoms with E-state index in [1.807, 2.05) is 19.1 Å². The van der Waals surface area contributed by atoms with Crippen LogP contribution in [0, 0.1) is 17.2 Å². The number of ether oxygens (including phenoxy) is 3. The zero-order chi connectivity index (χ0) is 22.2. The number of aromatic nitrogens is 2. The van der Waals surface area contributed by atoms with E-state index in [4.69, 9.17) is 31.1 Å². The Bertz CT molecular complexity index is 926. The van der Waals surface area contributed by atoms with E-state index in [1.54, 1.807) is 12.1 Å². The van der Waals surface area contributed by atoms with Crippen LogP contribution in [0.1, 0.15) is 37.8 Å². The number of carbonyl (C=O) groups excluding carboxylic acids is 1. The summed E-state index contributed by atoms with van der Waals surface area (Å²) in [5.41, 5.74) is 1.48. The Labute approximate surface area is 186 Å². The Hall–Kier alpha value is -2.89. The topological polar surface area (TPSA) is 106 Å². The summed E-state index contributed by atoms with van der Waals surface area (Å²) in [7, 11) is 0. The van der Waals surface area contributed by atoms with Crippen molar-refractivity contribution < 1.29 is 19.0 Å². The Kier molecular flexibility index (Phi) is 8.04. The lowest BCUT2D eigenvalue weighted by molar-refractivity contribution is -0.120. The smallest absolute Gasteiger partial charge is 0.240 e. The maximum Gasteiger partial charge on any atom is 0.240 e. The van der Waals surface area contributed by atoms with Gasteiger partial charge in [-0.05, 0) is 43.4 Å². The highest BCUT2D eigenvalue weighted by Crippen LogP contribution is 2.34. The number of hydrogen-bond donors (Lipinski definition) is 1. The fraction of sp³-hybridized carbons (Fsp3) is 0.455. The van der Waals surface area contributed by atoms with E-state index in [0.717, 1.165) is 18.4 Å². The number of nitrogens with one attached hydrogen (secondary N) is 1. The maximum atomic E-state index is 11.0. The Morgan fingerprint density at radius 3 is 2.58 bits per heavy atom. The van der Waals surface area contributed by atoms with Crippen LogP contribution in [0.15, 0.2) is 30.6 Å². The molecule has 0 spiro atoms. The molecular formula is C22H25ClN4O4. The monoisotopic (exact) mass is 444 g/mol. The van der Waals surface area contributed by atoms with Gasteiger partial charge in [0, 0.05) is 13.0 Å². The van der Waals surface area contributed by atoms with Gasteiger partial charge in [-0.3, -0.25) is 4.79 Å². The van der Waals surface area contributed by atoms with Crippen LogP contribution in [0.2, 0.25) is 5.02 Å². The molecule has 1 aromatic carbocycles. The minimum Gasteiger partial charge on any atom is -0.476 e. The van der Waals surface area contributed by atoms with Gasteiger partial charge in [-0.25, -0.2) is 9.97 Å². The predicted molar refractivity (Wildman–Crippen MR) is 114 cm³/mol. The molecule has 1 N–H and O–H groups in total. The van der Waals surface area contributed by atoms with E-state index in [1.165, 1.54) is 13.3 Å². The predicted octanol–water partition coefficient (Wildman–Crippen LogP) is 3.28.